The van der Waals surface area contributed by atoms with Crippen LogP contribution < -0.4 is 5.32 Å². The zero-order valence-electron chi connectivity index (χ0n) is 9.67. The Bertz CT molecular complexity index is 224. The molecule has 0 aromatic heterocycles. The Labute approximate surface area is 92.2 Å². The maximum Gasteiger partial charge on any atom is 0.220 e. The van der Waals surface area contributed by atoms with Crippen molar-refractivity contribution in [3.05, 3.63) is 0 Å². The van der Waals surface area contributed by atoms with Crippen molar-refractivity contribution in [3.63, 3.8) is 0 Å². The van der Waals surface area contributed by atoms with Crippen molar-refractivity contribution in [1.29, 1.82) is 0 Å². The molecule has 1 N–H and O–H groups in total. The lowest BCUT2D eigenvalue weighted by Crippen LogP contribution is -2.31. The van der Waals surface area contributed by atoms with Gasteiger partial charge in [-0.3, -0.25) is 4.79 Å². The Morgan fingerprint density at radius 3 is 2.73 bits per heavy atom. The number of nitrogens with zero attached hydrogens (tertiary/aromatic N) is 1. The van der Waals surface area contributed by atoms with Gasteiger partial charge in [-0.25, -0.2) is 0 Å². The predicted octanol–water partition coefficient (Wildman–Crippen LogP) is 1.39. The SMILES string of the molecule is CNC(=O)C[C@H]1CCN(C2CCCC2)C1. The molecular weight excluding hydrogens is 188 g/mol. The van der Waals surface area contributed by atoms with Crippen LogP contribution in [0.3, 0.4) is 0 Å². The van der Waals surface area contributed by atoms with Crippen LogP contribution >= 0.6 is 0 Å². The molecule has 0 radical (unpaired) electrons. The largest absolute Gasteiger partial charge is 0.359 e. The van der Waals surface area contributed by atoms with Gasteiger partial charge in [0.2, 0.25) is 5.91 Å². The van der Waals surface area contributed by atoms with Crippen LogP contribution in [0, 0.1) is 5.92 Å². The first kappa shape index (κ1) is 10.9. The van der Waals surface area contributed by atoms with E-state index in [0.29, 0.717) is 5.92 Å². The van der Waals surface area contributed by atoms with Crippen LogP contribution in [0.25, 0.3) is 0 Å². The summed E-state index contributed by atoms with van der Waals surface area (Å²) in [6.45, 7) is 2.37. The molecule has 1 aliphatic heterocycles. The smallest absolute Gasteiger partial charge is 0.220 e. The molecule has 0 spiro atoms. The first-order valence-electron chi connectivity index (χ1n) is 6.24. The van der Waals surface area contributed by atoms with Crippen LogP contribution in [-0.4, -0.2) is 37.0 Å². The van der Waals surface area contributed by atoms with Crippen molar-refractivity contribution in [3.8, 4) is 0 Å². The van der Waals surface area contributed by atoms with Crippen molar-refractivity contribution < 1.29 is 4.79 Å². The third-order valence-electron chi connectivity index (χ3n) is 3.91. The lowest BCUT2D eigenvalue weighted by atomic mass is 10.0. The van der Waals surface area contributed by atoms with E-state index in [2.05, 4.69) is 10.2 Å². The second-order valence-corrected chi connectivity index (χ2v) is 4.97. The van der Waals surface area contributed by atoms with E-state index in [1.807, 2.05) is 0 Å². The quantitative estimate of drug-likeness (QED) is 0.763. The van der Waals surface area contributed by atoms with Gasteiger partial charge in [-0.05, 0) is 31.7 Å². The molecule has 0 aromatic rings. The second kappa shape index (κ2) is 4.97. The van der Waals surface area contributed by atoms with Crippen LogP contribution in [0.5, 0.6) is 0 Å². The first-order valence-corrected chi connectivity index (χ1v) is 6.24. The first-order chi connectivity index (χ1) is 7.29. The summed E-state index contributed by atoms with van der Waals surface area (Å²) >= 11 is 0. The molecule has 1 saturated carbocycles. The van der Waals surface area contributed by atoms with E-state index >= 15 is 0 Å². The van der Waals surface area contributed by atoms with Crippen LogP contribution in [0.2, 0.25) is 0 Å². The van der Waals surface area contributed by atoms with Crippen molar-refractivity contribution in [2.45, 2.75) is 44.6 Å². The van der Waals surface area contributed by atoms with Gasteiger partial charge in [0, 0.05) is 26.1 Å². The van der Waals surface area contributed by atoms with Gasteiger partial charge in [0.1, 0.15) is 0 Å². The highest BCUT2D eigenvalue weighted by molar-refractivity contribution is 5.75. The Kier molecular flexibility index (Phi) is 3.62. The number of likely N-dealkylation sites (tertiary alicyclic amines) is 1. The Morgan fingerprint density at radius 1 is 1.33 bits per heavy atom. The third-order valence-corrected chi connectivity index (χ3v) is 3.91. The molecule has 0 aromatic carbocycles. The van der Waals surface area contributed by atoms with Gasteiger partial charge in [0.25, 0.3) is 0 Å². The molecule has 2 fully saturated rings. The number of hydrogen-bond acceptors (Lipinski definition) is 2. The fourth-order valence-electron chi connectivity index (χ4n) is 2.99. The minimum Gasteiger partial charge on any atom is -0.359 e. The molecule has 1 amide bonds. The van der Waals surface area contributed by atoms with Crippen molar-refractivity contribution in [2.75, 3.05) is 20.1 Å². The van der Waals surface area contributed by atoms with E-state index < -0.39 is 0 Å². The fraction of sp³-hybridized carbons (Fsp3) is 0.917. The minimum absolute atomic E-state index is 0.202. The Morgan fingerprint density at radius 2 is 2.07 bits per heavy atom. The molecule has 1 atom stereocenters. The van der Waals surface area contributed by atoms with Crippen molar-refractivity contribution >= 4 is 5.91 Å². The molecule has 3 heteroatoms. The number of hydrogen-bond donors (Lipinski definition) is 1. The molecule has 15 heavy (non-hydrogen) atoms. The lowest BCUT2D eigenvalue weighted by Gasteiger charge is -2.23. The zero-order chi connectivity index (χ0) is 10.7. The van der Waals surface area contributed by atoms with Crippen LogP contribution in [0.1, 0.15) is 38.5 Å². The van der Waals surface area contributed by atoms with Gasteiger partial charge < -0.3 is 10.2 Å². The Hall–Kier alpha value is -0.570. The van der Waals surface area contributed by atoms with E-state index in [9.17, 15) is 4.79 Å². The molecule has 1 saturated heterocycles. The molecule has 0 bridgehead atoms. The number of amides is 1. The van der Waals surface area contributed by atoms with E-state index in [1.165, 1.54) is 38.6 Å². The van der Waals surface area contributed by atoms with Crippen LogP contribution in [0.4, 0.5) is 0 Å². The van der Waals surface area contributed by atoms with Gasteiger partial charge in [-0.1, -0.05) is 12.8 Å². The lowest BCUT2D eigenvalue weighted by molar-refractivity contribution is -0.121. The maximum absolute atomic E-state index is 11.3. The molecular formula is C12H22N2O. The monoisotopic (exact) mass is 210 g/mol. The predicted molar refractivity (Wildman–Crippen MR) is 60.6 cm³/mol. The van der Waals surface area contributed by atoms with E-state index in [1.54, 1.807) is 7.05 Å². The topological polar surface area (TPSA) is 32.3 Å². The molecule has 1 aliphatic carbocycles. The maximum atomic E-state index is 11.3. The van der Waals surface area contributed by atoms with E-state index in [-0.39, 0.29) is 5.91 Å². The van der Waals surface area contributed by atoms with Gasteiger partial charge in [0.15, 0.2) is 0 Å². The second-order valence-electron chi connectivity index (χ2n) is 4.97. The molecule has 86 valence electrons. The van der Waals surface area contributed by atoms with E-state index in [0.717, 1.165) is 19.0 Å². The summed E-state index contributed by atoms with van der Waals surface area (Å²) in [6.07, 6.45) is 7.51. The average molecular weight is 210 g/mol. The van der Waals surface area contributed by atoms with E-state index in [4.69, 9.17) is 0 Å². The molecule has 3 nitrogen and oxygen atoms in total. The highest BCUT2D eigenvalue weighted by Crippen LogP contribution is 2.29. The summed E-state index contributed by atoms with van der Waals surface area (Å²) < 4.78 is 0. The number of carbonyl (C=O) groups excluding carboxylic acids is 1. The van der Waals surface area contributed by atoms with Gasteiger partial charge in [-0.15, -0.1) is 0 Å². The standard InChI is InChI=1S/C12H22N2O/c1-13-12(15)8-10-6-7-14(9-10)11-4-2-3-5-11/h10-11H,2-9H2,1H3,(H,13,15)/t10-/m1/s1. The highest BCUT2D eigenvalue weighted by atomic mass is 16.1. The fourth-order valence-corrected chi connectivity index (χ4v) is 2.99. The summed E-state index contributed by atoms with van der Waals surface area (Å²) in [5, 5.41) is 2.72. The summed E-state index contributed by atoms with van der Waals surface area (Å²) in [6, 6.07) is 0.833. The summed E-state index contributed by atoms with van der Waals surface area (Å²) in [5.74, 6) is 0.804. The van der Waals surface area contributed by atoms with Crippen molar-refractivity contribution in [2.24, 2.45) is 5.92 Å². The van der Waals surface area contributed by atoms with Gasteiger partial charge in [0.05, 0.1) is 0 Å². The number of rotatable bonds is 3. The third kappa shape index (κ3) is 2.71. The van der Waals surface area contributed by atoms with Gasteiger partial charge >= 0.3 is 0 Å². The van der Waals surface area contributed by atoms with Crippen LogP contribution in [0.15, 0.2) is 0 Å². The number of carbonyl (C=O) groups is 1. The summed E-state index contributed by atoms with van der Waals surface area (Å²) in [5.41, 5.74) is 0. The number of nitrogens with one attached hydrogen (secondary N) is 1. The zero-order valence-corrected chi connectivity index (χ0v) is 9.67. The summed E-state index contributed by atoms with van der Waals surface area (Å²) in [4.78, 5) is 13.9. The average Bonchev–Trinajstić information content (AvgIpc) is 2.85. The molecule has 0 unspecified atom stereocenters. The normalized spacial score (nSPS) is 28.5. The summed E-state index contributed by atoms with van der Waals surface area (Å²) in [7, 11) is 1.73. The van der Waals surface area contributed by atoms with Crippen molar-refractivity contribution in [1.82, 2.24) is 10.2 Å². The minimum atomic E-state index is 0.202. The molecule has 2 rings (SSSR count). The highest BCUT2D eigenvalue weighted by Gasteiger charge is 2.30. The van der Waals surface area contributed by atoms with Crippen LogP contribution in [-0.2, 0) is 4.79 Å². The van der Waals surface area contributed by atoms with Gasteiger partial charge in [-0.2, -0.15) is 0 Å². The molecule has 1 heterocycles. The Balaban J connectivity index is 1.76. The molecule has 2 aliphatic rings.